The molecule has 3 heterocycles. The van der Waals surface area contributed by atoms with Crippen molar-refractivity contribution in [2.24, 2.45) is 0 Å². The fraction of sp³-hybridized carbons (Fsp3) is 0.538. The maximum absolute atomic E-state index is 13.5. The zero-order valence-corrected chi connectivity index (χ0v) is 21.3. The van der Waals surface area contributed by atoms with Crippen LogP contribution in [0.3, 0.4) is 0 Å². The van der Waals surface area contributed by atoms with Crippen molar-refractivity contribution in [1.29, 1.82) is 0 Å². The molecule has 0 radical (unpaired) electrons. The summed E-state index contributed by atoms with van der Waals surface area (Å²) in [5.41, 5.74) is 2.56. The van der Waals surface area contributed by atoms with E-state index in [2.05, 4.69) is 32.2 Å². The van der Waals surface area contributed by atoms with Gasteiger partial charge in [-0.1, -0.05) is 32.0 Å². The van der Waals surface area contributed by atoms with Crippen LogP contribution >= 0.6 is 0 Å². The van der Waals surface area contributed by atoms with E-state index in [-0.39, 0.29) is 11.5 Å². The SMILES string of the molecule is CC[C@@H](C(=O)NCCCN1CCN(CC)CC1)n1nc(C)c2nn(-c3ccccc3)c(C)c2c1=O. The maximum Gasteiger partial charge on any atom is 0.278 e. The highest BCUT2D eigenvalue weighted by molar-refractivity contribution is 5.84. The second kappa shape index (κ2) is 11.1. The molecule has 1 amide bonds. The summed E-state index contributed by atoms with van der Waals surface area (Å²) in [4.78, 5) is 31.5. The Morgan fingerprint density at radius 2 is 1.71 bits per heavy atom. The van der Waals surface area contributed by atoms with Crippen molar-refractivity contribution in [3.8, 4) is 5.69 Å². The van der Waals surface area contributed by atoms with Crippen molar-refractivity contribution in [1.82, 2.24) is 34.7 Å². The molecule has 1 atom stereocenters. The Kier molecular flexibility index (Phi) is 7.97. The van der Waals surface area contributed by atoms with Crippen LogP contribution < -0.4 is 10.9 Å². The smallest absolute Gasteiger partial charge is 0.278 e. The van der Waals surface area contributed by atoms with Gasteiger partial charge in [-0.15, -0.1) is 0 Å². The number of carbonyl (C=O) groups is 1. The van der Waals surface area contributed by atoms with Crippen molar-refractivity contribution in [3.63, 3.8) is 0 Å². The quantitative estimate of drug-likeness (QED) is 0.474. The fourth-order valence-corrected chi connectivity index (χ4v) is 4.84. The lowest BCUT2D eigenvalue weighted by atomic mass is 10.2. The van der Waals surface area contributed by atoms with Crippen LogP contribution in [-0.4, -0.2) is 81.1 Å². The molecule has 4 rings (SSSR count). The Labute approximate surface area is 206 Å². The van der Waals surface area contributed by atoms with Gasteiger partial charge in [-0.2, -0.15) is 10.2 Å². The number of amides is 1. The van der Waals surface area contributed by atoms with E-state index in [0.29, 0.717) is 29.6 Å². The van der Waals surface area contributed by atoms with Gasteiger partial charge in [-0.05, 0) is 51.9 Å². The predicted octanol–water partition coefficient (Wildman–Crippen LogP) is 2.29. The van der Waals surface area contributed by atoms with Gasteiger partial charge in [-0.25, -0.2) is 9.36 Å². The van der Waals surface area contributed by atoms with Gasteiger partial charge in [-0.3, -0.25) is 9.59 Å². The summed E-state index contributed by atoms with van der Waals surface area (Å²) < 4.78 is 3.12. The van der Waals surface area contributed by atoms with E-state index in [4.69, 9.17) is 0 Å². The number of fused-ring (bicyclic) bond motifs is 1. The number of nitrogens with zero attached hydrogens (tertiary/aromatic N) is 6. The van der Waals surface area contributed by atoms with Gasteiger partial charge in [0, 0.05) is 32.7 Å². The van der Waals surface area contributed by atoms with Gasteiger partial charge in [0.1, 0.15) is 11.6 Å². The Bertz CT molecular complexity index is 1210. The summed E-state index contributed by atoms with van der Waals surface area (Å²) in [7, 11) is 0. The lowest BCUT2D eigenvalue weighted by Crippen LogP contribution is -2.46. The van der Waals surface area contributed by atoms with Gasteiger partial charge in [0.2, 0.25) is 5.91 Å². The Morgan fingerprint density at radius 1 is 1.03 bits per heavy atom. The number of hydrogen-bond acceptors (Lipinski definition) is 6. The number of nitrogens with one attached hydrogen (secondary N) is 1. The van der Waals surface area contributed by atoms with Crippen molar-refractivity contribution in [2.45, 2.75) is 46.6 Å². The molecule has 0 aliphatic carbocycles. The molecule has 1 N–H and O–H groups in total. The minimum atomic E-state index is -0.654. The number of aromatic nitrogens is 4. The highest BCUT2D eigenvalue weighted by atomic mass is 16.2. The van der Waals surface area contributed by atoms with E-state index in [1.807, 2.05) is 51.1 Å². The summed E-state index contributed by atoms with van der Waals surface area (Å²) in [6, 6.07) is 9.06. The summed E-state index contributed by atoms with van der Waals surface area (Å²) in [5.74, 6) is -0.162. The van der Waals surface area contributed by atoms with Crippen LogP contribution in [0.15, 0.2) is 35.1 Å². The highest BCUT2D eigenvalue weighted by Crippen LogP contribution is 2.21. The van der Waals surface area contributed by atoms with E-state index in [1.165, 1.54) is 4.68 Å². The van der Waals surface area contributed by atoms with Crippen LogP contribution in [0.1, 0.15) is 44.1 Å². The van der Waals surface area contributed by atoms with Crippen LogP contribution in [0.25, 0.3) is 16.6 Å². The highest BCUT2D eigenvalue weighted by Gasteiger charge is 2.25. The van der Waals surface area contributed by atoms with E-state index in [1.54, 1.807) is 4.68 Å². The Morgan fingerprint density at radius 3 is 2.37 bits per heavy atom. The predicted molar refractivity (Wildman–Crippen MR) is 138 cm³/mol. The summed E-state index contributed by atoms with van der Waals surface area (Å²) >= 11 is 0. The zero-order valence-electron chi connectivity index (χ0n) is 21.3. The van der Waals surface area contributed by atoms with Crippen LogP contribution in [0.4, 0.5) is 0 Å². The number of benzene rings is 1. The topological polar surface area (TPSA) is 88.3 Å². The number of para-hydroxylation sites is 1. The molecule has 0 saturated carbocycles. The first-order chi connectivity index (χ1) is 16.9. The minimum Gasteiger partial charge on any atom is -0.354 e. The van der Waals surface area contributed by atoms with Crippen molar-refractivity contribution in [3.05, 3.63) is 52.1 Å². The Hall–Kier alpha value is -3.04. The summed E-state index contributed by atoms with van der Waals surface area (Å²) in [6.07, 6.45) is 1.37. The summed E-state index contributed by atoms with van der Waals surface area (Å²) in [5, 5.41) is 12.7. The molecule has 0 unspecified atom stereocenters. The van der Waals surface area contributed by atoms with Crippen LogP contribution in [0.5, 0.6) is 0 Å². The number of piperazine rings is 1. The minimum absolute atomic E-state index is 0.162. The largest absolute Gasteiger partial charge is 0.354 e. The molecule has 1 saturated heterocycles. The van der Waals surface area contributed by atoms with Crippen LogP contribution in [0, 0.1) is 13.8 Å². The molecule has 0 spiro atoms. The van der Waals surface area contributed by atoms with Gasteiger partial charge < -0.3 is 15.1 Å². The third-order valence-corrected chi connectivity index (χ3v) is 6.99. The molecule has 35 heavy (non-hydrogen) atoms. The monoisotopic (exact) mass is 479 g/mol. The number of carbonyl (C=O) groups excluding carboxylic acids is 1. The van der Waals surface area contributed by atoms with Crippen molar-refractivity contribution in [2.75, 3.05) is 45.8 Å². The molecule has 1 aromatic carbocycles. The number of likely N-dealkylation sites (N-methyl/N-ethyl adjacent to an activating group) is 1. The lowest BCUT2D eigenvalue weighted by Gasteiger charge is -2.34. The molecule has 1 aliphatic heterocycles. The third kappa shape index (κ3) is 5.31. The molecule has 1 aliphatic rings. The van der Waals surface area contributed by atoms with Crippen LogP contribution in [0.2, 0.25) is 0 Å². The van der Waals surface area contributed by atoms with Gasteiger partial charge >= 0.3 is 0 Å². The molecule has 188 valence electrons. The van der Waals surface area contributed by atoms with E-state index in [0.717, 1.165) is 57.1 Å². The maximum atomic E-state index is 13.5. The van der Waals surface area contributed by atoms with E-state index < -0.39 is 6.04 Å². The van der Waals surface area contributed by atoms with Crippen molar-refractivity contribution >= 4 is 16.8 Å². The second-order valence-corrected chi connectivity index (χ2v) is 9.24. The average molecular weight is 480 g/mol. The zero-order chi connectivity index (χ0) is 24.9. The molecule has 0 bridgehead atoms. The standard InChI is InChI=1S/C26H37N7O2/c1-5-22(25(34)27-13-10-14-31-17-15-30(6-2)16-18-31)33-26(35)23-20(4)32(21-11-8-7-9-12-21)29-24(23)19(3)28-33/h7-9,11-12,22H,5-6,10,13-18H2,1-4H3,(H,27,34)/t22-/m0/s1. The number of hydrogen-bond donors (Lipinski definition) is 1. The van der Waals surface area contributed by atoms with E-state index >= 15 is 0 Å². The van der Waals surface area contributed by atoms with E-state index in [9.17, 15) is 9.59 Å². The number of rotatable bonds is 9. The summed E-state index contributed by atoms with van der Waals surface area (Å²) in [6.45, 7) is 14.9. The molecule has 2 aromatic heterocycles. The molecule has 9 nitrogen and oxygen atoms in total. The first-order valence-corrected chi connectivity index (χ1v) is 12.7. The molecular weight excluding hydrogens is 442 g/mol. The molecule has 9 heteroatoms. The average Bonchev–Trinajstić information content (AvgIpc) is 3.24. The third-order valence-electron chi connectivity index (χ3n) is 6.99. The van der Waals surface area contributed by atoms with Gasteiger partial charge in [0.05, 0.1) is 22.5 Å². The second-order valence-electron chi connectivity index (χ2n) is 9.24. The molecular formula is C26H37N7O2. The Balaban J connectivity index is 1.47. The first kappa shape index (κ1) is 25.1. The van der Waals surface area contributed by atoms with Gasteiger partial charge in [0.25, 0.3) is 5.56 Å². The fourth-order valence-electron chi connectivity index (χ4n) is 4.84. The van der Waals surface area contributed by atoms with Gasteiger partial charge in [0.15, 0.2) is 0 Å². The first-order valence-electron chi connectivity index (χ1n) is 12.7. The number of aryl methyl sites for hydroxylation is 2. The normalized spacial score (nSPS) is 16.0. The lowest BCUT2D eigenvalue weighted by molar-refractivity contribution is -0.124. The van der Waals surface area contributed by atoms with Crippen LogP contribution in [-0.2, 0) is 4.79 Å². The molecule has 3 aromatic rings. The molecule has 1 fully saturated rings. The van der Waals surface area contributed by atoms with Crippen molar-refractivity contribution < 1.29 is 4.79 Å².